The molecule has 1 aromatic carbocycles. The first-order chi connectivity index (χ1) is 7.08. The Morgan fingerprint density at radius 3 is 2.80 bits per heavy atom. The molecule has 1 aliphatic heterocycles. The quantitative estimate of drug-likeness (QED) is 0.845. The van der Waals surface area contributed by atoms with E-state index in [2.05, 4.69) is 15.9 Å². The molecule has 80 valence electrons. The van der Waals surface area contributed by atoms with E-state index in [9.17, 15) is 9.18 Å². The van der Waals surface area contributed by atoms with Crippen LogP contribution in [-0.2, 0) is 4.79 Å². The number of nitrogens with zero attached hydrogens (tertiary/aromatic N) is 1. The molecule has 15 heavy (non-hydrogen) atoms. The summed E-state index contributed by atoms with van der Waals surface area (Å²) in [6, 6.07) is 4.12. The van der Waals surface area contributed by atoms with E-state index in [1.165, 1.54) is 12.1 Å². The van der Waals surface area contributed by atoms with Crippen LogP contribution in [0.1, 0.15) is 6.42 Å². The molecular weight excluding hydrogens is 263 g/mol. The van der Waals surface area contributed by atoms with E-state index in [-0.39, 0.29) is 17.8 Å². The Labute approximate surface area is 95.2 Å². The van der Waals surface area contributed by atoms with Gasteiger partial charge in [-0.25, -0.2) is 4.39 Å². The van der Waals surface area contributed by atoms with E-state index in [0.29, 0.717) is 23.1 Å². The van der Waals surface area contributed by atoms with Crippen LogP contribution < -0.4 is 10.6 Å². The molecule has 0 spiro atoms. The first-order valence-electron chi connectivity index (χ1n) is 4.59. The number of nitrogens with two attached hydrogens (primary N) is 1. The Bertz CT molecular complexity index is 410. The van der Waals surface area contributed by atoms with Crippen LogP contribution in [0, 0.1) is 5.82 Å². The van der Waals surface area contributed by atoms with E-state index in [4.69, 9.17) is 5.73 Å². The molecular formula is C10H10BrFN2O. The van der Waals surface area contributed by atoms with Crippen molar-refractivity contribution in [2.24, 2.45) is 5.73 Å². The molecule has 2 N–H and O–H groups in total. The molecule has 3 nitrogen and oxygen atoms in total. The SMILES string of the molecule is NC1CC(=O)N(c2ccc(F)cc2Br)C1. The van der Waals surface area contributed by atoms with Crippen LogP contribution in [0.5, 0.6) is 0 Å². The lowest BCUT2D eigenvalue weighted by atomic mass is 10.3. The zero-order valence-electron chi connectivity index (χ0n) is 7.91. The number of carbonyl (C=O) groups excluding carboxylic acids is 1. The fourth-order valence-corrected chi connectivity index (χ4v) is 2.23. The normalized spacial score (nSPS) is 21.1. The van der Waals surface area contributed by atoms with Gasteiger partial charge in [-0.2, -0.15) is 0 Å². The van der Waals surface area contributed by atoms with Gasteiger partial charge in [0, 0.05) is 23.5 Å². The Hall–Kier alpha value is -0.940. The van der Waals surface area contributed by atoms with Crippen molar-refractivity contribution in [3.63, 3.8) is 0 Å². The van der Waals surface area contributed by atoms with Gasteiger partial charge >= 0.3 is 0 Å². The van der Waals surface area contributed by atoms with Gasteiger partial charge in [0.25, 0.3) is 0 Å². The maximum absolute atomic E-state index is 12.9. The number of rotatable bonds is 1. The summed E-state index contributed by atoms with van der Waals surface area (Å²) >= 11 is 3.23. The molecule has 1 aromatic rings. The average molecular weight is 273 g/mol. The van der Waals surface area contributed by atoms with Crippen molar-refractivity contribution in [3.05, 3.63) is 28.5 Å². The van der Waals surface area contributed by atoms with Crippen molar-refractivity contribution in [2.45, 2.75) is 12.5 Å². The summed E-state index contributed by atoms with van der Waals surface area (Å²) < 4.78 is 13.4. The highest BCUT2D eigenvalue weighted by molar-refractivity contribution is 9.10. The van der Waals surface area contributed by atoms with Gasteiger partial charge in [0.15, 0.2) is 0 Å². The third kappa shape index (κ3) is 2.03. The third-order valence-corrected chi connectivity index (χ3v) is 2.99. The number of anilines is 1. The maximum atomic E-state index is 12.9. The average Bonchev–Trinajstić information content (AvgIpc) is 2.45. The molecule has 5 heteroatoms. The van der Waals surface area contributed by atoms with Crippen molar-refractivity contribution in [1.82, 2.24) is 0 Å². The molecule has 1 saturated heterocycles. The molecule has 1 unspecified atom stereocenters. The van der Waals surface area contributed by atoms with Gasteiger partial charge in [-0.15, -0.1) is 0 Å². The minimum Gasteiger partial charge on any atom is -0.326 e. The number of hydrogen-bond acceptors (Lipinski definition) is 2. The fraction of sp³-hybridized carbons (Fsp3) is 0.300. The second-order valence-corrected chi connectivity index (χ2v) is 4.42. The molecule has 0 bridgehead atoms. The second kappa shape index (κ2) is 3.90. The summed E-state index contributed by atoms with van der Waals surface area (Å²) in [4.78, 5) is 13.1. The van der Waals surface area contributed by atoms with Crippen molar-refractivity contribution >= 4 is 27.5 Å². The first-order valence-corrected chi connectivity index (χ1v) is 5.38. The van der Waals surface area contributed by atoms with Gasteiger partial charge in [0.1, 0.15) is 5.82 Å². The van der Waals surface area contributed by atoms with Crippen LogP contribution in [0.25, 0.3) is 0 Å². The number of amides is 1. The van der Waals surface area contributed by atoms with E-state index in [0.717, 1.165) is 0 Å². The highest BCUT2D eigenvalue weighted by atomic mass is 79.9. The van der Waals surface area contributed by atoms with Crippen molar-refractivity contribution in [3.8, 4) is 0 Å². The van der Waals surface area contributed by atoms with Gasteiger partial charge in [-0.1, -0.05) is 0 Å². The standard InChI is InChI=1S/C10H10BrFN2O/c11-8-3-6(12)1-2-9(8)14-5-7(13)4-10(14)15/h1-3,7H,4-5,13H2. The van der Waals surface area contributed by atoms with Crippen LogP contribution in [0.4, 0.5) is 10.1 Å². The van der Waals surface area contributed by atoms with Gasteiger partial charge in [0.05, 0.1) is 5.69 Å². The molecule has 1 atom stereocenters. The lowest BCUT2D eigenvalue weighted by molar-refractivity contribution is -0.117. The highest BCUT2D eigenvalue weighted by Gasteiger charge is 2.29. The molecule has 1 amide bonds. The fourth-order valence-electron chi connectivity index (χ4n) is 1.67. The molecule has 0 aliphatic carbocycles. The Balaban J connectivity index is 2.34. The number of halogens is 2. The summed E-state index contributed by atoms with van der Waals surface area (Å²) in [6.07, 6.45) is 0.351. The summed E-state index contributed by atoms with van der Waals surface area (Å²) in [6.45, 7) is 0.489. The Morgan fingerprint density at radius 2 is 2.27 bits per heavy atom. The van der Waals surface area contributed by atoms with Crippen molar-refractivity contribution in [1.29, 1.82) is 0 Å². The maximum Gasteiger partial charge on any atom is 0.228 e. The minimum absolute atomic E-state index is 0.0187. The molecule has 0 radical (unpaired) electrons. The molecule has 1 fully saturated rings. The van der Waals surface area contributed by atoms with Gasteiger partial charge in [-0.3, -0.25) is 4.79 Å². The summed E-state index contributed by atoms with van der Waals surface area (Å²) in [5.74, 6) is -0.351. The number of carbonyl (C=O) groups is 1. The van der Waals surface area contributed by atoms with Gasteiger partial charge in [0.2, 0.25) is 5.91 Å². The highest BCUT2D eigenvalue weighted by Crippen LogP contribution is 2.29. The van der Waals surface area contributed by atoms with Gasteiger partial charge in [-0.05, 0) is 34.1 Å². The molecule has 2 rings (SSSR count). The third-order valence-electron chi connectivity index (χ3n) is 2.36. The van der Waals surface area contributed by atoms with Crippen LogP contribution in [0.15, 0.2) is 22.7 Å². The Morgan fingerprint density at radius 1 is 1.53 bits per heavy atom. The summed E-state index contributed by atoms with van der Waals surface area (Å²) in [7, 11) is 0. The van der Waals surface area contributed by atoms with Gasteiger partial charge < -0.3 is 10.6 Å². The molecule has 1 aliphatic rings. The van der Waals surface area contributed by atoms with E-state index >= 15 is 0 Å². The molecule has 0 aromatic heterocycles. The minimum atomic E-state index is -0.332. The van der Waals surface area contributed by atoms with E-state index < -0.39 is 0 Å². The van der Waals surface area contributed by atoms with Crippen molar-refractivity contribution in [2.75, 3.05) is 11.4 Å². The van der Waals surface area contributed by atoms with E-state index in [1.807, 2.05) is 0 Å². The van der Waals surface area contributed by atoms with Crippen LogP contribution in [0.3, 0.4) is 0 Å². The molecule has 1 heterocycles. The smallest absolute Gasteiger partial charge is 0.228 e. The zero-order valence-corrected chi connectivity index (χ0v) is 9.50. The van der Waals surface area contributed by atoms with E-state index in [1.54, 1.807) is 11.0 Å². The molecule has 0 saturated carbocycles. The summed E-state index contributed by atoms with van der Waals surface area (Å²) in [5.41, 5.74) is 6.36. The monoisotopic (exact) mass is 272 g/mol. The predicted molar refractivity (Wildman–Crippen MR) is 59.0 cm³/mol. The second-order valence-electron chi connectivity index (χ2n) is 3.56. The van der Waals surface area contributed by atoms with Crippen LogP contribution in [0.2, 0.25) is 0 Å². The Kier molecular flexibility index (Phi) is 2.75. The number of hydrogen-bond donors (Lipinski definition) is 1. The van der Waals surface area contributed by atoms with Crippen molar-refractivity contribution < 1.29 is 9.18 Å². The topological polar surface area (TPSA) is 46.3 Å². The largest absolute Gasteiger partial charge is 0.326 e. The zero-order chi connectivity index (χ0) is 11.0. The lowest BCUT2D eigenvalue weighted by Gasteiger charge is -2.17. The van der Waals surface area contributed by atoms with Crippen LogP contribution >= 0.6 is 15.9 Å². The first kappa shape index (κ1) is 10.6. The lowest BCUT2D eigenvalue weighted by Crippen LogP contribution is -2.28. The predicted octanol–water partition coefficient (Wildman–Crippen LogP) is 1.65. The number of benzene rings is 1. The van der Waals surface area contributed by atoms with Crippen LogP contribution in [-0.4, -0.2) is 18.5 Å². The summed E-state index contributed by atoms with van der Waals surface area (Å²) in [5, 5.41) is 0.